The quantitative estimate of drug-likeness (QED) is 0.416. The molecule has 3 aromatic rings. The average molecular weight is 447 g/mol. The summed E-state index contributed by atoms with van der Waals surface area (Å²) in [5, 5.41) is 22.1. The van der Waals surface area contributed by atoms with E-state index in [0.717, 1.165) is 12.1 Å². The number of halogens is 2. The van der Waals surface area contributed by atoms with Gasteiger partial charge in [-0.1, -0.05) is 0 Å². The van der Waals surface area contributed by atoms with Crippen LogP contribution in [0.2, 0.25) is 0 Å². The van der Waals surface area contributed by atoms with Crippen LogP contribution >= 0.6 is 12.2 Å². The highest BCUT2D eigenvalue weighted by molar-refractivity contribution is 7.71. The summed E-state index contributed by atoms with van der Waals surface area (Å²) in [4.78, 5) is 24.5. The lowest BCUT2D eigenvalue weighted by molar-refractivity contribution is 0.0950. The second-order valence-electron chi connectivity index (χ2n) is 6.54. The Morgan fingerprint density at radius 3 is 2.52 bits per heavy atom. The highest BCUT2D eigenvalue weighted by atomic mass is 32.1. The van der Waals surface area contributed by atoms with Crippen LogP contribution in [0.5, 0.6) is 5.75 Å². The van der Waals surface area contributed by atoms with Gasteiger partial charge in [0.05, 0.1) is 5.56 Å². The van der Waals surface area contributed by atoms with E-state index in [1.54, 1.807) is 4.57 Å². The maximum atomic E-state index is 13.3. The zero-order chi connectivity index (χ0) is 22.5. The smallest absolute Gasteiger partial charge is 0.255 e. The summed E-state index contributed by atoms with van der Waals surface area (Å²) in [7, 11) is 0. The number of carbonyl (C=O) groups excluding carboxylic acids is 2. The predicted octanol–water partition coefficient (Wildman–Crippen LogP) is 3.17. The first-order valence-corrected chi connectivity index (χ1v) is 9.72. The molecular formula is C20H19F2N5O3S. The molecule has 1 aromatic heterocycles. The molecule has 0 spiro atoms. The Labute approximate surface area is 180 Å². The lowest BCUT2D eigenvalue weighted by atomic mass is 10.1. The molecule has 0 bridgehead atoms. The molecular weight excluding hydrogens is 428 g/mol. The molecule has 162 valence electrons. The minimum absolute atomic E-state index is 0.00385. The lowest BCUT2D eigenvalue weighted by Gasteiger charge is -2.10. The number of H-pyrrole nitrogens is 1. The Morgan fingerprint density at radius 1 is 1.16 bits per heavy atom. The standard InChI is InChI=1S/C20H19F2N5O3S/c1-2-27-17(25-26-20(27)31)5-6-23-19(30)15-4-3-14(10-16(15)28)24-18(29)11-7-12(21)9-13(22)8-11/h3-4,7-10,28H,2,5-6H2,1H3,(H,23,30)(H,24,29)(H,26,31). The van der Waals surface area contributed by atoms with Gasteiger partial charge in [0.1, 0.15) is 23.2 Å². The second kappa shape index (κ2) is 9.47. The van der Waals surface area contributed by atoms with Crippen LogP contribution in [0.1, 0.15) is 33.5 Å². The van der Waals surface area contributed by atoms with Crippen LogP contribution in [0.4, 0.5) is 14.5 Å². The molecule has 4 N–H and O–H groups in total. The fourth-order valence-electron chi connectivity index (χ4n) is 2.94. The third kappa shape index (κ3) is 5.31. The van der Waals surface area contributed by atoms with E-state index in [9.17, 15) is 23.5 Å². The number of anilines is 1. The number of phenolic OH excluding ortho intramolecular Hbond substituents is 1. The molecule has 2 amide bonds. The topological polar surface area (TPSA) is 112 Å². The van der Waals surface area contributed by atoms with Crippen molar-refractivity contribution in [3.63, 3.8) is 0 Å². The number of phenols is 1. The van der Waals surface area contributed by atoms with Crippen molar-refractivity contribution in [3.8, 4) is 5.75 Å². The van der Waals surface area contributed by atoms with Crippen LogP contribution in [-0.4, -0.2) is 38.2 Å². The van der Waals surface area contributed by atoms with E-state index in [1.165, 1.54) is 18.2 Å². The molecule has 0 radical (unpaired) electrons. The third-order valence-electron chi connectivity index (χ3n) is 4.41. The van der Waals surface area contributed by atoms with Gasteiger partial charge in [-0.3, -0.25) is 14.7 Å². The number of amides is 2. The Balaban J connectivity index is 1.62. The van der Waals surface area contributed by atoms with E-state index in [4.69, 9.17) is 12.2 Å². The SMILES string of the molecule is CCn1c(CCNC(=O)c2ccc(NC(=O)c3cc(F)cc(F)c3)cc2O)n[nH]c1=S. The van der Waals surface area contributed by atoms with Gasteiger partial charge in [0.2, 0.25) is 0 Å². The van der Waals surface area contributed by atoms with E-state index >= 15 is 0 Å². The Hall–Kier alpha value is -3.60. The van der Waals surface area contributed by atoms with E-state index < -0.39 is 23.4 Å². The molecule has 0 atom stereocenters. The molecule has 11 heteroatoms. The van der Waals surface area contributed by atoms with Gasteiger partial charge in [-0.2, -0.15) is 5.10 Å². The highest BCUT2D eigenvalue weighted by Crippen LogP contribution is 2.22. The first-order valence-electron chi connectivity index (χ1n) is 9.31. The number of rotatable bonds is 7. The highest BCUT2D eigenvalue weighted by Gasteiger charge is 2.14. The third-order valence-corrected chi connectivity index (χ3v) is 4.72. The number of aromatic nitrogens is 3. The molecule has 0 saturated carbocycles. The van der Waals surface area contributed by atoms with Crippen molar-refractivity contribution < 1.29 is 23.5 Å². The lowest BCUT2D eigenvalue weighted by Crippen LogP contribution is -2.26. The largest absolute Gasteiger partial charge is 0.507 e. The summed E-state index contributed by atoms with van der Waals surface area (Å²) in [5.74, 6) is -2.72. The van der Waals surface area contributed by atoms with Crippen molar-refractivity contribution in [1.82, 2.24) is 20.1 Å². The summed E-state index contributed by atoms with van der Waals surface area (Å²) >= 11 is 5.11. The van der Waals surface area contributed by atoms with Crippen LogP contribution in [0, 0.1) is 16.4 Å². The molecule has 0 aliphatic carbocycles. The summed E-state index contributed by atoms with van der Waals surface area (Å²) < 4.78 is 28.8. The molecule has 0 fully saturated rings. The molecule has 0 unspecified atom stereocenters. The van der Waals surface area contributed by atoms with Crippen LogP contribution in [0.25, 0.3) is 0 Å². The van der Waals surface area contributed by atoms with Crippen LogP contribution < -0.4 is 10.6 Å². The van der Waals surface area contributed by atoms with Gasteiger partial charge in [0.25, 0.3) is 11.8 Å². The monoisotopic (exact) mass is 447 g/mol. The molecule has 0 aliphatic heterocycles. The number of nitrogens with zero attached hydrogens (tertiary/aromatic N) is 2. The Morgan fingerprint density at radius 2 is 1.87 bits per heavy atom. The average Bonchev–Trinajstić information content (AvgIpc) is 3.06. The van der Waals surface area contributed by atoms with Gasteiger partial charge in [-0.15, -0.1) is 0 Å². The molecule has 3 rings (SSSR count). The normalized spacial score (nSPS) is 10.7. The molecule has 0 saturated heterocycles. The fraction of sp³-hybridized carbons (Fsp3) is 0.200. The van der Waals surface area contributed by atoms with Crippen LogP contribution in [0.3, 0.4) is 0 Å². The minimum Gasteiger partial charge on any atom is -0.507 e. The molecule has 1 heterocycles. The van der Waals surface area contributed by atoms with Crippen LogP contribution in [-0.2, 0) is 13.0 Å². The Bertz CT molecular complexity index is 1170. The first-order chi connectivity index (χ1) is 14.8. The van der Waals surface area contributed by atoms with E-state index in [1.807, 2.05) is 6.92 Å². The maximum absolute atomic E-state index is 13.3. The zero-order valence-electron chi connectivity index (χ0n) is 16.4. The molecule has 2 aromatic carbocycles. The van der Waals surface area contributed by atoms with Gasteiger partial charge < -0.3 is 20.3 Å². The predicted molar refractivity (Wildman–Crippen MR) is 112 cm³/mol. The molecule has 0 aliphatic rings. The molecule has 8 nitrogen and oxygen atoms in total. The van der Waals surface area contributed by atoms with E-state index in [2.05, 4.69) is 20.8 Å². The van der Waals surface area contributed by atoms with E-state index in [-0.39, 0.29) is 29.1 Å². The number of hydrogen-bond donors (Lipinski definition) is 4. The molecule has 31 heavy (non-hydrogen) atoms. The van der Waals surface area contributed by atoms with Crippen molar-refractivity contribution >= 4 is 29.7 Å². The number of nitrogens with one attached hydrogen (secondary N) is 3. The number of benzene rings is 2. The van der Waals surface area contributed by atoms with Crippen molar-refractivity contribution in [2.75, 3.05) is 11.9 Å². The summed E-state index contributed by atoms with van der Waals surface area (Å²) in [5.41, 5.74) is -0.0601. The van der Waals surface area contributed by atoms with Gasteiger partial charge in [-0.25, -0.2) is 8.78 Å². The fourth-order valence-corrected chi connectivity index (χ4v) is 3.22. The number of aromatic hydroxyl groups is 1. The minimum atomic E-state index is -0.886. The van der Waals surface area contributed by atoms with Crippen molar-refractivity contribution in [1.29, 1.82) is 0 Å². The van der Waals surface area contributed by atoms with Crippen molar-refractivity contribution in [2.24, 2.45) is 0 Å². The van der Waals surface area contributed by atoms with Crippen molar-refractivity contribution in [2.45, 2.75) is 19.9 Å². The summed E-state index contributed by atoms with van der Waals surface area (Å²) in [6.45, 7) is 2.84. The van der Waals surface area contributed by atoms with Gasteiger partial charge >= 0.3 is 0 Å². The second-order valence-corrected chi connectivity index (χ2v) is 6.93. The van der Waals surface area contributed by atoms with Crippen molar-refractivity contribution in [3.05, 3.63) is 69.8 Å². The van der Waals surface area contributed by atoms with E-state index in [0.29, 0.717) is 29.6 Å². The Kier molecular flexibility index (Phi) is 6.75. The maximum Gasteiger partial charge on any atom is 0.255 e. The summed E-state index contributed by atoms with van der Waals surface area (Å²) in [6.07, 6.45) is 0.436. The summed E-state index contributed by atoms with van der Waals surface area (Å²) in [6, 6.07) is 6.32. The van der Waals surface area contributed by atoms with Gasteiger partial charge in [0, 0.05) is 42.9 Å². The van der Waals surface area contributed by atoms with Gasteiger partial charge in [0.15, 0.2) is 4.77 Å². The first kappa shape index (κ1) is 22.1. The number of aromatic amines is 1. The zero-order valence-corrected chi connectivity index (χ0v) is 17.2. The van der Waals surface area contributed by atoms with Gasteiger partial charge in [-0.05, 0) is 43.4 Å². The number of carbonyl (C=O) groups is 2. The number of hydrogen-bond acceptors (Lipinski definition) is 5. The van der Waals surface area contributed by atoms with Crippen LogP contribution in [0.15, 0.2) is 36.4 Å².